The molecule has 0 aromatic carbocycles. The lowest BCUT2D eigenvalue weighted by Crippen LogP contribution is -2.21. The highest BCUT2D eigenvalue weighted by atomic mass is 16.4. The molecular formula is C10H16N2O2. The van der Waals surface area contributed by atoms with Crippen molar-refractivity contribution in [2.45, 2.75) is 25.9 Å². The summed E-state index contributed by atoms with van der Waals surface area (Å²) in [6.45, 7) is 3.36. The first kappa shape index (κ1) is 9.68. The highest BCUT2D eigenvalue weighted by Crippen LogP contribution is 2.09. The zero-order valence-corrected chi connectivity index (χ0v) is 8.28. The second kappa shape index (κ2) is 4.57. The smallest absolute Gasteiger partial charge is 0.195 e. The fourth-order valence-electron chi connectivity index (χ4n) is 1.80. The van der Waals surface area contributed by atoms with Gasteiger partial charge in [-0.1, -0.05) is 0 Å². The van der Waals surface area contributed by atoms with Gasteiger partial charge in [0.1, 0.15) is 12.4 Å². The first-order valence-electron chi connectivity index (χ1n) is 5.15. The van der Waals surface area contributed by atoms with E-state index in [4.69, 9.17) is 9.52 Å². The van der Waals surface area contributed by atoms with Crippen LogP contribution in [0.4, 0.5) is 0 Å². The molecule has 0 bridgehead atoms. The summed E-state index contributed by atoms with van der Waals surface area (Å²) in [5.74, 6) is 1.29. The van der Waals surface area contributed by atoms with Gasteiger partial charge < -0.3 is 14.4 Å². The standard InChI is InChI=1S/C10H16N2O2/c13-8-9-7-11-10(14-9)3-6-12-4-1-2-5-12/h7,13H,1-6,8H2. The van der Waals surface area contributed by atoms with Crippen LogP contribution in [0.5, 0.6) is 0 Å². The topological polar surface area (TPSA) is 49.5 Å². The average Bonchev–Trinajstić information content (AvgIpc) is 2.86. The van der Waals surface area contributed by atoms with Crippen LogP contribution < -0.4 is 0 Å². The van der Waals surface area contributed by atoms with E-state index in [1.807, 2.05) is 0 Å². The molecule has 0 amide bonds. The SMILES string of the molecule is OCc1cnc(CCN2CCCC2)o1. The molecule has 0 spiro atoms. The molecule has 2 rings (SSSR count). The molecule has 1 aliphatic rings. The third-order valence-electron chi connectivity index (χ3n) is 2.60. The molecule has 0 atom stereocenters. The van der Waals surface area contributed by atoms with E-state index in [1.165, 1.54) is 25.9 Å². The predicted molar refractivity (Wildman–Crippen MR) is 51.8 cm³/mol. The highest BCUT2D eigenvalue weighted by Gasteiger charge is 2.12. The first-order valence-corrected chi connectivity index (χ1v) is 5.15. The zero-order valence-electron chi connectivity index (χ0n) is 8.28. The van der Waals surface area contributed by atoms with Crippen LogP contribution in [-0.2, 0) is 13.0 Å². The number of hydrogen-bond acceptors (Lipinski definition) is 4. The summed E-state index contributed by atoms with van der Waals surface area (Å²) >= 11 is 0. The molecule has 4 heteroatoms. The minimum absolute atomic E-state index is 0.0588. The number of aliphatic hydroxyl groups excluding tert-OH is 1. The van der Waals surface area contributed by atoms with Crippen molar-refractivity contribution < 1.29 is 9.52 Å². The van der Waals surface area contributed by atoms with Gasteiger partial charge in [-0.2, -0.15) is 0 Å². The Labute approximate surface area is 83.5 Å². The van der Waals surface area contributed by atoms with E-state index < -0.39 is 0 Å². The molecule has 2 heterocycles. The van der Waals surface area contributed by atoms with E-state index in [0.29, 0.717) is 5.76 Å². The Morgan fingerprint density at radius 2 is 2.21 bits per heavy atom. The van der Waals surface area contributed by atoms with E-state index in [2.05, 4.69) is 9.88 Å². The first-order chi connectivity index (χ1) is 6.88. The van der Waals surface area contributed by atoms with Crippen molar-refractivity contribution in [2.24, 2.45) is 0 Å². The Morgan fingerprint density at radius 3 is 2.86 bits per heavy atom. The summed E-state index contributed by atoms with van der Waals surface area (Å²) in [4.78, 5) is 6.51. The van der Waals surface area contributed by atoms with Crippen molar-refractivity contribution in [3.8, 4) is 0 Å². The minimum Gasteiger partial charge on any atom is -0.443 e. The van der Waals surface area contributed by atoms with Gasteiger partial charge in [-0.15, -0.1) is 0 Å². The Balaban J connectivity index is 1.79. The summed E-state index contributed by atoms with van der Waals surface area (Å²) < 4.78 is 5.30. The summed E-state index contributed by atoms with van der Waals surface area (Å²) in [5, 5.41) is 8.79. The number of rotatable bonds is 4. The predicted octanol–water partition coefficient (Wildman–Crippen LogP) is 0.805. The molecule has 1 aromatic rings. The Bertz CT molecular complexity index is 279. The molecule has 1 saturated heterocycles. The monoisotopic (exact) mass is 196 g/mol. The van der Waals surface area contributed by atoms with Gasteiger partial charge in [-0.3, -0.25) is 0 Å². The summed E-state index contributed by atoms with van der Waals surface area (Å²) in [6, 6.07) is 0. The molecular weight excluding hydrogens is 180 g/mol. The van der Waals surface area contributed by atoms with Gasteiger partial charge >= 0.3 is 0 Å². The lowest BCUT2D eigenvalue weighted by molar-refractivity contribution is 0.241. The maximum absolute atomic E-state index is 8.79. The number of aromatic nitrogens is 1. The molecule has 78 valence electrons. The van der Waals surface area contributed by atoms with Crippen LogP contribution in [0.2, 0.25) is 0 Å². The third kappa shape index (κ3) is 2.33. The Kier molecular flexibility index (Phi) is 3.16. The third-order valence-corrected chi connectivity index (χ3v) is 2.60. The number of aliphatic hydroxyl groups is 1. The quantitative estimate of drug-likeness (QED) is 0.774. The summed E-state index contributed by atoms with van der Waals surface area (Å²) in [5.41, 5.74) is 0. The number of likely N-dealkylation sites (tertiary alicyclic amines) is 1. The van der Waals surface area contributed by atoms with E-state index in [0.717, 1.165) is 18.9 Å². The maximum Gasteiger partial charge on any atom is 0.195 e. The van der Waals surface area contributed by atoms with Crippen LogP contribution in [0.1, 0.15) is 24.5 Å². The van der Waals surface area contributed by atoms with Crippen LogP contribution in [-0.4, -0.2) is 34.6 Å². The number of oxazole rings is 1. The molecule has 1 fully saturated rings. The highest BCUT2D eigenvalue weighted by molar-refractivity contribution is 4.92. The molecule has 0 unspecified atom stereocenters. The number of hydrogen-bond donors (Lipinski definition) is 1. The lowest BCUT2D eigenvalue weighted by atomic mass is 10.4. The molecule has 1 aromatic heterocycles. The van der Waals surface area contributed by atoms with Gasteiger partial charge in [0.05, 0.1) is 6.20 Å². The zero-order chi connectivity index (χ0) is 9.80. The second-order valence-corrected chi connectivity index (χ2v) is 3.68. The van der Waals surface area contributed by atoms with Gasteiger partial charge in [-0.05, 0) is 25.9 Å². The maximum atomic E-state index is 8.79. The van der Waals surface area contributed by atoms with Crippen molar-refractivity contribution in [3.05, 3.63) is 17.8 Å². The lowest BCUT2D eigenvalue weighted by Gasteiger charge is -2.12. The van der Waals surface area contributed by atoms with E-state index in [9.17, 15) is 0 Å². The summed E-state index contributed by atoms with van der Waals surface area (Å²) in [7, 11) is 0. The van der Waals surface area contributed by atoms with Gasteiger partial charge in [0.25, 0.3) is 0 Å². The Morgan fingerprint density at radius 1 is 1.43 bits per heavy atom. The molecule has 0 radical (unpaired) electrons. The fourth-order valence-corrected chi connectivity index (χ4v) is 1.80. The summed E-state index contributed by atoms with van der Waals surface area (Å²) in [6.07, 6.45) is 5.07. The number of nitrogens with zero attached hydrogens (tertiary/aromatic N) is 2. The second-order valence-electron chi connectivity index (χ2n) is 3.68. The van der Waals surface area contributed by atoms with E-state index in [1.54, 1.807) is 6.20 Å². The van der Waals surface area contributed by atoms with Crippen molar-refractivity contribution in [1.29, 1.82) is 0 Å². The van der Waals surface area contributed by atoms with E-state index >= 15 is 0 Å². The molecule has 0 saturated carbocycles. The van der Waals surface area contributed by atoms with Crippen LogP contribution >= 0.6 is 0 Å². The van der Waals surface area contributed by atoms with Gasteiger partial charge in [-0.25, -0.2) is 4.98 Å². The van der Waals surface area contributed by atoms with Crippen LogP contribution in [0.15, 0.2) is 10.6 Å². The Hall–Kier alpha value is -0.870. The van der Waals surface area contributed by atoms with E-state index in [-0.39, 0.29) is 6.61 Å². The van der Waals surface area contributed by atoms with Crippen LogP contribution in [0.25, 0.3) is 0 Å². The molecule has 14 heavy (non-hydrogen) atoms. The molecule has 1 N–H and O–H groups in total. The van der Waals surface area contributed by atoms with Crippen molar-refractivity contribution in [3.63, 3.8) is 0 Å². The largest absolute Gasteiger partial charge is 0.443 e. The normalized spacial score (nSPS) is 17.8. The molecule has 1 aliphatic heterocycles. The molecule has 0 aliphatic carbocycles. The van der Waals surface area contributed by atoms with Gasteiger partial charge in [0.15, 0.2) is 5.89 Å². The van der Waals surface area contributed by atoms with Gasteiger partial charge in [0, 0.05) is 13.0 Å². The van der Waals surface area contributed by atoms with Gasteiger partial charge in [0.2, 0.25) is 0 Å². The average molecular weight is 196 g/mol. The van der Waals surface area contributed by atoms with Crippen molar-refractivity contribution in [2.75, 3.05) is 19.6 Å². The van der Waals surface area contributed by atoms with Crippen LogP contribution in [0.3, 0.4) is 0 Å². The van der Waals surface area contributed by atoms with Crippen LogP contribution in [0, 0.1) is 0 Å². The minimum atomic E-state index is -0.0588. The van der Waals surface area contributed by atoms with Crippen molar-refractivity contribution in [1.82, 2.24) is 9.88 Å². The fraction of sp³-hybridized carbons (Fsp3) is 0.700. The molecule has 4 nitrogen and oxygen atoms in total. The van der Waals surface area contributed by atoms with Crippen molar-refractivity contribution >= 4 is 0 Å².